The first-order valence-corrected chi connectivity index (χ1v) is 20.0. The molecule has 0 saturated carbocycles. The molecule has 0 bridgehead atoms. The molecular weight excluding hydrogens is 687 g/mol. The van der Waals surface area contributed by atoms with Crippen molar-refractivity contribution < 1.29 is 0 Å². The highest BCUT2D eigenvalue weighted by molar-refractivity contribution is 6.19. The fourth-order valence-electron chi connectivity index (χ4n) is 10.2. The van der Waals surface area contributed by atoms with Gasteiger partial charge < -0.3 is 4.90 Å². The fraction of sp³-hybridized carbons (Fsp3) is 0.0714. The second kappa shape index (κ2) is 12.5. The van der Waals surface area contributed by atoms with E-state index in [2.05, 4.69) is 208 Å². The highest BCUT2D eigenvalue weighted by Gasteiger charge is 2.38. The lowest BCUT2D eigenvalue weighted by Gasteiger charge is -2.30. The molecule has 1 heteroatoms. The van der Waals surface area contributed by atoms with E-state index < -0.39 is 0 Å². The van der Waals surface area contributed by atoms with Crippen molar-refractivity contribution in [2.45, 2.75) is 26.2 Å². The maximum absolute atomic E-state index is 4.30. The van der Waals surface area contributed by atoms with Gasteiger partial charge in [-0.15, -0.1) is 0 Å². The van der Waals surface area contributed by atoms with Crippen molar-refractivity contribution in [2.24, 2.45) is 0 Å². The number of nitrogens with zero attached hydrogens (tertiary/aromatic N) is 1. The molecular formula is C56H41N. The molecule has 0 radical (unpaired) electrons. The molecule has 57 heavy (non-hydrogen) atoms. The lowest BCUT2D eigenvalue weighted by Crippen LogP contribution is -2.16. The quantitative estimate of drug-likeness (QED) is 0.154. The second-order valence-corrected chi connectivity index (χ2v) is 16.0. The third-order valence-electron chi connectivity index (χ3n) is 12.7. The van der Waals surface area contributed by atoms with Crippen LogP contribution in [-0.4, -0.2) is 0 Å². The topological polar surface area (TPSA) is 3.24 Å². The van der Waals surface area contributed by atoms with E-state index >= 15 is 0 Å². The Labute approximate surface area is 334 Å². The molecule has 2 aliphatic rings. The van der Waals surface area contributed by atoms with E-state index in [1.807, 2.05) is 6.08 Å². The number of allylic oxidation sites excluding steroid dienone is 1. The first kappa shape index (κ1) is 33.4. The molecule has 0 N–H and O–H groups in total. The Morgan fingerprint density at radius 1 is 0.491 bits per heavy atom. The average Bonchev–Trinajstić information content (AvgIpc) is 3.71. The predicted octanol–water partition coefficient (Wildman–Crippen LogP) is 15.9. The highest BCUT2D eigenvalue weighted by atomic mass is 15.1. The van der Waals surface area contributed by atoms with Crippen molar-refractivity contribution >= 4 is 61.5 Å². The number of hydrogen-bond acceptors (Lipinski definition) is 1. The molecule has 0 spiro atoms. The van der Waals surface area contributed by atoms with Crippen molar-refractivity contribution in [2.75, 3.05) is 4.90 Å². The minimum absolute atomic E-state index is 0.129. The van der Waals surface area contributed by atoms with Gasteiger partial charge in [-0.1, -0.05) is 172 Å². The Balaban J connectivity index is 1.20. The molecule has 0 atom stereocenters. The molecule has 0 aromatic heterocycles. The summed E-state index contributed by atoms with van der Waals surface area (Å²) in [5, 5.41) is 7.52. The molecule has 0 amide bonds. The van der Waals surface area contributed by atoms with Crippen LogP contribution < -0.4 is 4.90 Å². The van der Waals surface area contributed by atoms with Crippen LogP contribution in [0.3, 0.4) is 0 Å². The van der Waals surface area contributed by atoms with Gasteiger partial charge in [0.15, 0.2) is 0 Å². The molecule has 270 valence electrons. The van der Waals surface area contributed by atoms with E-state index in [1.54, 1.807) is 0 Å². The van der Waals surface area contributed by atoms with Gasteiger partial charge in [0.05, 0.1) is 5.69 Å². The summed E-state index contributed by atoms with van der Waals surface area (Å²) in [4.78, 5) is 2.50. The van der Waals surface area contributed by atoms with Gasteiger partial charge in [0.2, 0.25) is 0 Å². The van der Waals surface area contributed by atoms with E-state index in [4.69, 9.17) is 0 Å². The second-order valence-electron chi connectivity index (χ2n) is 16.0. The first-order chi connectivity index (χ1) is 28.0. The Kier molecular flexibility index (Phi) is 7.34. The lowest BCUT2D eigenvalue weighted by atomic mass is 9.82. The molecule has 0 heterocycles. The fourth-order valence-corrected chi connectivity index (χ4v) is 10.2. The van der Waals surface area contributed by atoms with Crippen molar-refractivity contribution in [3.05, 3.63) is 199 Å². The van der Waals surface area contributed by atoms with Crippen LogP contribution in [-0.2, 0) is 5.41 Å². The molecule has 0 saturated heterocycles. The van der Waals surface area contributed by atoms with Crippen molar-refractivity contribution in [3.8, 4) is 44.5 Å². The van der Waals surface area contributed by atoms with Crippen molar-refractivity contribution in [3.63, 3.8) is 0 Å². The number of fused-ring (bicyclic) bond motifs is 9. The summed E-state index contributed by atoms with van der Waals surface area (Å²) in [7, 11) is 0. The van der Waals surface area contributed by atoms with Crippen LogP contribution in [0, 0.1) is 0 Å². The highest BCUT2D eigenvalue weighted by Crippen LogP contribution is 2.55. The third-order valence-corrected chi connectivity index (χ3v) is 12.7. The average molecular weight is 728 g/mol. The Morgan fingerprint density at radius 2 is 1.18 bits per heavy atom. The van der Waals surface area contributed by atoms with Gasteiger partial charge in [-0.25, -0.2) is 0 Å². The number of hydrogen-bond donors (Lipinski definition) is 0. The van der Waals surface area contributed by atoms with Gasteiger partial charge in [-0.3, -0.25) is 0 Å². The van der Waals surface area contributed by atoms with Crippen LogP contribution in [0.15, 0.2) is 176 Å². The summed E-state index contributed by atoms with van der Waals surface area (Å²) < 4.78 is 0. The zero-order valence-electron chi connectivity index (χ0n) is 32.5. The summed E-state index contributed by atoms with van der Waals surface area (Å²) in [6.45, 7) is 11.1. The van der Waals surface area contributed by atoms with Crippen LogP contribution in [0.5, 0.6) is 0 Å². The van der Waals surface area contributed by atoms with E-state index in [0.29, 0.717) is 0 Å². The zero-order valence-corrected chi connectivity index (χ0v) is 32.5. The Morgan fingerprint density at radius 3 is 2.02 bits per heavy atom. The van der Waals surface area contributed by atoms with Gasteiger partial charge in [-0.2, -0.15) is 0 Å². The van der Waals surface area contributed by atoms with Crippen LogP contribution >= 0.6 is 0 Å². The Bertz CT molecular complexity index is 3190. The van der Waals surface area contributed by atoms with Crippen LogP contribution in [0.2, 0.25) is 0 Å². The number of anilines is 3. The summed E-state index contributed by atoms with van der Waals surface area (Å²) in [5.41, 5.74) is 18.6. The smallest absolute Gasteiger partial charge is 0.0543 e. The SMILES string of the molecule is C=Cc1c(/C=C\C)c2cc(N(c3cccc(-c4ccc5cccc6c5c4-c4ccccc4-6)c3)c3cccc4c3-c3ccccc3C4(C)C)ccc2c2ccccc12. The summed E-state index contributed by atoms with van der Waals surface area (Å²) in [6, 6.07) is 61.0. The van der Waals surface area contributed by atoms with E-state index in [0.717, 1.165) is 16.9 Å². The number of benzene rings is 9. The molecule has 9 aromatic rings. The monoisotopic (exact) mass is 727 g/mol. The van der Waals surface area contributed by atoms with Gasteiger partial charge in [-0.05, 0) is 131 Å². The largest absolute Gasteiger partial charge is 0.310 e. The molecule has 0 unspecified atom stereocenters. The maximum Gasteiger partial charge on any atom is 0.0543 e. The predicted molar refractivity (Wildman–Crippen MR) is 246 cm³/mol. The summed E-state index contributed by atoms with van der Waals surface area (Å²) in [6.07, 6.45) is 6.41. The van der Waals surface area contributed by atoms with E-state index in [-0.39, 0.29) is 5.41 Å². The lowest BCUT2D eigenvalue weighted by molar-refractivity contribution is 0.660. The van der Waals surface area contributed by atoms with Gasteiger partial charge in [0, 0.05) is 22.4 Å². The van der Waals surface area contributed by atoms with Gasteiger partial charge in [0.25, 0.3) is 0 Å². The molecule has 0 fully saturated rings. The molecule has 2 aliphatic carbocycles. The maximum atomic E-state index is 4.30. The standard InChI is InChI=1S/C56H41N/c1-5-16-41-39(6-2)42-20-7-8-21-43(42)45-32-30-38(34-49(41)45)57(52-28-15-27-51-55(52)48-24-11-12-26-50(48)56(51,3)4)37-19-13-18-36(33-37)40-31-29-35-17-14-25-46-44-22-9-10-23-47(44)54(40)53(35)46/h5-34H,2H2,1,3-4H3/b16-5-. The molecule has 0 aliphatic heterocycles. The molecule has 1 nitrogen and oxygen atoms in total. The van der Waals surface area contributed by atoms with E-state index in [9.17, 15) is 0 Å². The zero-order chi connectivity index (χ0) is 38.4. The van der Waals surface area contributed by atoms with Gasteiger partial charge in [0.1, 0.15) is 0 Å². The third kappa shape index (κ3) is 4.76. The Hall–Kier alpha value is -6.96. The van der Waals surface area contributed by atoms with Crippen LogP contribution in [0.4, 0.5) is 17.1 Å². The normalized spacial score (nSPS) is 13.3. The summed E-state index contributed by atoms with van der Waals surface area (Å²) >= 11 is 0. The minimum atomic E-state index is -0.129. The van der Waals surface area contributed by atoms with Crippen LogP contribution in [0.1, 0.15) is 43.0 Å². The van der Waals surface area contributed by atoms with E-state index in [1.165, 1.54) is 99.2 Å². The minimum Gasteiger partial charge on any atom is -0.310 e. The van der Waals surface area contributed by atoms with Crippen LogP contribution in [0.25, 0.3) is 89.0 Å². The molecule has 11 rings (SSSR count). The molecule has 9 aromatic carbocycles. The first-order valence-electron chi connectivity index (χ1n) is 20.0. The van der Waals surface area contributed by atoms with Gasteiger partial charge >= 0.3 is 0 Å². The summed E-state index contributed by atoms with van der Waals surface area (Å²) in [5.74, 6) is 0. The number of rotatable bonds is 6. The van der Waals surface area contributed by atoms with Crippen molar-refractivity contribution in [1.29, 1.82) is 0 Å². The van der Waals surface area contributed by atoms with Crippen molar-refractivity contribution in [1.82, 2.24) is 0 Å².